The van der Waals surface area contributed by atoms with Crippen LogP contribution in [0.3, 0.4) is 0 Å². The maximum absolute atomic E-state index is 11.4. The van der Waals surface area contributed by atoms with E-state index < -0.39 is 5.97 Å². The molecular weight excluding hydrogens is 218 g/mol. The number of hydrogen-bond acceptors (Lipinski definition) is 4. The van der Waals surface area contributed by atoms with Crippen LogP contribution in [0.15, 0.2) is 18.2 Å². The topological polar surface area (TPSA) is 61.5 Å². The molecule has 0 saturated heterocycles. The molecule has 0 aliphatic rings. The van der Waals surface area contributed by atoms with Gasteiger partial charge in [-0.25, -0.2) is 4.79 Å². The third-order valence-corrected chi connectivity index (χ3v) is 2.31. The fourth-order valence-electron chi connectivity index (χ4n) is 1.48. The molecule has 0 radical (unpaired) electrons. The van der Waals surface area contributed by atoms with E-state index in [0.29, 0.717) is 17.2 Å². The second kappa shape index (κ2) is 5.68. The Kier molecular flexibility index (Phi) is 4.52. The van der Waals surface area contributed by atoms with E-state index in [1.165, 1.54) is 0 Å². The Morgan fingerprint density at radius 2 is 1.82 bits per heavy atom. The van der Waals surface area contributed by atoms with Gasteiger partial charge >= 0.3 is 5.97 Å². The SMILES string of the molecule is CC(C)Oc1cc(C(=O)ON)cc(C(C)C)c1. The molecule has 0 aliphatic carbocycles. The summed E-state index contributed by atoms with van der Waals surface area (Å²) in [4.78, 5) is 15.7. The third-order valence-electron chi connectivity index (χ3n) is 2.31. The van der Waals surface area contributed by atoms with Crippen LogP contribution < -0.4 is 10.6 Å². The zero-order chi connectivity index (χ0) is 13.0. The lowest BCUT2D eigenvalue weighted by atomic mass is 10.0. The molecule has 0 amide bonds. The fraction of sp³-hybridized carbons (Fsp3) is 0.462. The molecule has 0 aliphatic heterocycles. The summed E-state index contributed by atoms with van der Waals surface area (Å²) >= 11 is 0. The first-order valence-corrected chi connectivity index (χ1v) is 5.66. The van der Waals surface area contributed by atoms with E-state index in [2.05, 4.69) is 4.84 Å². The molecule has 0 aromatic heterocycles. The Morgan fingerprint density at radius 3 is 2.29 bits per heavy atom. The number of carbonyl (C=O) groups excluding carboxylic acids is 1. The Hall–Kier alpha value is -1.55. The zero-order valence-corrected chi connectivity index (χ0v) is 10.7. The number of ether oxygens (including phenoxy) is 1. The quantitative estimate of drug-likeness (QED) is 0.818. The number of benzene rings is 1. The second-order valence-electron chi connectivity index (χ2n) is 4.52. The minimum atomic E-state index is -0.555. The zero-order valence-electron chi connectivity index (χ0n) is 10.7. The highest BCUT2D eigenvalue weighted by atomic mass is 16.7. The number of rotatable bonds is 4. The largest absolute Gasteiger partial charge is 0.491 e. The first kappa shape index (κ1) is 13.5. The molecule has 4 heteroatoms. The van der Waals surface area contributed by atoms with Gasteiger partial charge in [-0.2, -0.15) is 5.90 Å². The molecule has 1 aromatic carbocycles. The number of carbonyl (C=O) groups is 1. The van der Waals surface area contributed by atoms with Gasteiger partial charge in [-0.05, 0) is 43.5 Å². The first-order valence-electron chi connectivity index (χ1n) is 5.66. The van der Waals surface area contributed by atoms with Crippen LogP contribution >= 0.6 is 0 Å². The van der Waals surface area contributed by atoms with Crippen LogP contribution in [-0.4, -0.2) is 12.1 Å². The first-order chi connectivity index (χ1) is 7.93. The van der Waals surface area contributed by atoms with Gasteiger partial charge in [-0.15, -0.1) is 0 Å². The lowest BCUT2D eigenvalue weighted by Gasteiger charge is -2.14. The average molecular weight is 237 g/mol. The maximum Gasteiger partial charge on any atom is 0.356 e. The van der Waals surface area contributed by atoms with Crippen molar-refractivity contribution in [2.45, 2.75) is 39.7 Å². The van der Waals surface area contributed by atoms with Crippen LogP contribution in [0.1, 0.15) is 49.5 Å². The maximum atomic E-state index is 11.4. The van der Waals surface area contributed by atoms with E-state index in [1.54, 1.807) is 12.1 Å². The van der Waals surface area contributed by atoms with Crippen molar-refractivity contribution in [2.75, 3.05) is 0 Å². The molecule has 2 N–H and O–H groups in total. The molecule has 94 valence electrons. The van der Waals surface area contributed by atoms with Crippen LogP contribution in [0.2, 0.25) is 0 Å². The van der Waals surface area contributed by atoms with E-state index in [1.807, 2.05) is 33.8 Å². The summed E-state index contributed by atoms with van der Waals surface area (Å²) in [6, 6.07) is 5.34. The summed E-state index contributed by atoms with van der Waals surface area (Å²) in [5.74, 6) is 5.30. The third kappa shape index (κ3) is 3.75. The molecule has 0 atom stereocenters. The molecule has 1 rings (SSSR count). The lowest BCUT2D eigenvalue weighted by Crippen LogP contribution is -2.12. The van der Waals surface area contributed by atoms with Gasteiger partial charge in [0.25, 0.3) is 0 Å². The van der Waals surface area contributed by atoms with Crippen molar-refractivity contribution in [2.24, 2.45) is 5.90 Å². The van der Waals surface area contributed by atoms with E-state index in [4.69, 9.17) is 10.6 Å². The monoisotopic (exact) mass is 237 g/mol. The van der Waals surface area contributed by atoms with Gasteiger partial charge in [0.2, 0.25) is 0 Å². The predicted octanol–water partition coefficient (Wildman–Crippen LogP) is 2.63. The highest BCUT2D eigenvalue weighted by Gasteiger charge is 2.12. The molecule has 0 saturated carbocycles. The van der Waals surface area contributed by atoms with Crippen LogP contribution in [0.4, 0.5) is 0 Å². The van der Waals surface area contributed by atoms with Gasteiger partial charge in [-0.1, -0.05) is 13.8 Å². The average Bonchev–Trinajstić information content (AvgIpc) is 2.26. The van der Waals surface area contributed by atoms with Gasteiger partial charge in [0, 0.05) is 0 Å². The molecule has 4 nitrogen and oxygen atoms in total. The Morgan fingerprint density at radius 1 is 1.18 bits per heavy atom. The minimum Gasteiger partial charge on any atom is -0.491 e. The molecule has 0 bridgehead atoms. The lowest BCUT2D eigenvalue weighted by molar-refractivity contribution is 0.0502. The summed E-state index contributed by atoms with van der Waals surface area (Å²) in [6.45, 7) is 7.96. The van der Waals surface area contributed by atoms with Crippen molar-refractivity contribution in [3.63, 3.8) is 0 Å². The Labute approximate surface area is 102 Å². The summed E-state index contributed by atoms with van der Waals surface area (Å²) in [6.07, 6.45) is 0.0548. The normalized spacial score (nSPS) is 10.8. The molecule has 0 unspecified atom stereocenters. The molecule has 17 heavy (non-hydrogen) atoms. The Bertz CT molecular complexity index is 400. The molecule has 0 fully saturated rings. The summed E-state index contributed by atoms with van der Waals surface area (Å²) in [5, 5.41) is 0. The predicted molar refractivity (Wildman–Crippen MR) is 65.9 cm³/mol. The summed E-state index contributed by atoms with van der Waals surface area (Å²) < 4.78 is 5.59. The standard InChI is InChI=1S/C13H19NO3/c1-8(2)10-5-11(13(15)17-14)7-12(6-10)16-9(3)4/h5-9H,14H2,1-4H3. The highest BCUT2D eigenvalue weighted by Crippen LogP contribution is 2.24. The van der Waals surface area contributed by atoms with Gasteiger partial charge < -0.3 is 9.57 Å². The van der Waals surface area contributed by atoms with Crippen LogP contribution in [0.5, 0.6) is 5.75 Å². The van der Waals surface area contributed by atoms with E-state index >= 15 is 0 Å². The van der Waals surface area contributed by atoms with E-state index in [0.717, 1.165) is 5.56 Å². The smallest absolute Gasteiger partial charge is 0.356 e. The molecule has 0 heterocycles. The van der Waals surface area contributed by atoms with Crippen LogP contribution in [0, 0.1) is 0 Å². The van der Waals surface area contributed by atoms with Crippen LogP contribution in [0.25, 0.3) is 0 Å². The number of hydrogen-bond donors (Lipinski definition) is 1. The van der Waals surface area contributed by atoms with Gasteiger partial charge in [0.05, 0.1) is 11.7 Å². The van der Waals surface area contributed by atoms with Crippen molar-refractivity contribution in [1.29, 1.82) is 0 Å². The Balaban J connectivity index is 3.14. The van der Waals surface area contributed by atoms with Crippen molar-refractivity contribution >= 4 is 5.97 Å². The van der Waals surface area contributed by atoms with Crippen molar-refractivity contribution < 1.29 is 14.4 Å². The van der Waals surface area contributed by atoms with Crippen molar-refractivity contribution in [3.05, 3.63) is 29.3 Å². The summed E-state index contributed by atoms with van der Waals surface area (Å²) in [5.41, 5.74) is 1.43. The van der Waals surface area contributed by atoms with Gasteiger partial charge in [0.1, 0.15) is 5.75 Å². The minimum absolute atomic E-state index is 0.0548. The molecule has 0 spiro atoms. The van der Waals surface area contributed by atoms with E-state index in [-0.39, 0.29) is 6.10 Å². The van der Waals surface area contributed by atoms with Gasteiger partial charge in [-0.3, -0.25) is 0 Å². The number of nitrogens with two attached hydrogens (primary N) is 1. The van der Waals surface area contributed by atoms with E-state index in [9.17, 15) is 4.79 Å². The highest BCUT2D eigenvalue weighted by molar-refractivity contribution is 5.89. The molecule has 1 aromatic rings. The van der Waals surface area contributed by atoms with Crippen molar-refractivity contribution in [1.82, 2.24) is 0 Å². The van der Waals surface area contributed by atoms with Crippen LogP contribution in [-0.2, 0) is 4.84 Å². The summed E-state index contributed by atoms with van der Waals surface area (Å²) in [7, 11) is 0. The molecular formula is C13H19NO3. The fourth-order valence-corrected chi connectivity index (χ4v) is 1.48. The van der Waals surface area contributed by atoms with Crippen molar-refractivity contribution in [3.8, 4) is 5.75 Å². The second-order valence-corrected chi connectivity index (χ2v) is 4.52. The van der Waals surface area contributed by atoms with Gasteiger partial charge in [0.15, 0.2) is 0 Å².